The first-order valence-corrected chi connectivity index (χ1v) is 9.39. The Balaban J connectivity index is 1.92. The second-order valence-electron chi connectivity index (χ2n) is 6.76. The van der Waals surface area contributed by atoms with Gasteiger partial charge in [-0.15, -0.1) is 0 Å². The quantitative estimate of drug-likeness (QED) is 0.756. The molecular weight excluding hydrogens is 346 g/mol. The summed E-state index contributed by atoms with van der Waals surface area (Å²) in [6.07, 6.45) is 0. The molecule has 2 heterocycles. The van der Waals surface area contributed by atoms with Crippen molar-refractivity contribution in [3.05, 3.63) is 29.8 Å². The van der Waals surface area contributed by atoms with Crippen molar-refractivity contribution >= 4 is 21.9 Å². The molecule has 25 heavy (non-hydrogen) atoms. The number of nitrogens with zero attached hydrogens (tertiary/aromatic N) is 2. The average Bonchev–Trinajstić information content (AvgIpc) is 3.08. The fourth-order valence-electron chi connectivity index (χ4n) is 3.85. The van der Waals surface area contributed by atoms with E-state index < -0.39 is 21.4 Å². The number of sulfonamides is 1. The second-order valence-corrected chi connectivity index (χ2v) is 8.70. The molecule has 0 radical (unpaired) electrons. The van der Waals surface area contributed by atoms with E-state index in [9.17, 15) is 23.1 Å². The van der Waals surface area contributed by atoms with Crippen molar-refractivity contribution in [3.63, 3.8) is 0 Å². The maximum Gasteiger partial charge on any atom is 0.312 e. The molecule has 0 saturated carbocycles. The number of likely N-dealkylation sites (tertiary alicyclic amines) is 1. The van der Waals surface area contributed by atoms with Crippen LogP contribution in [0.15, 0.2) is 29.2 Å². The van der Waals surface area contributed by atoms with Crippen LogP contribution in [-0.4, -0.2) is 74.9 Å². The number of hydrogen-bond donors (Lipinski definition) is 2. The molecule has 1 amide bonds. The number of carbonyl (C=O) groups excluding carboxylic acids is 1. The summed E-state index contributed by atoms with van der Waals surface area (Å²) in [4.78, 5) is 25.5. The van der Waals surface area contributed by atoms with Crippen LogP contribution in [-0.2, 0) is 14.8 Å². The largest absolute Gasteiger partial charge is 0.481 e. The van der Waals surface area contributed by atoms with Gasteiger partial charge in [0, 0.05) is 44.7 Å². The molecular formula is C16H21N3O5S. The number of benzene rings is 1. The van der Waals surface area contributed by atoms with Crippen LogP contribution in [0, 0.1) is 11.3 Å². The number of amides is 1. The third-order valence-electron chi connectivity index (χ3n) is 5.14. The zero-order valence-electron chi connectivity index (χ0n) is 14.1. The van der Waals surface area contributed by atoms with Crippen LogP contribution in [0.5, 0.6) is 0 Å². The van der Waals surface area contributed by atoms with Crippen LogP contribution in [0.1, 0.15) is 10.4 Å². The lowest BCUT2D eigenvalue weighted by Crippen LogP contribution is -2.41. The van der Waals surface area contributed by atoms with Crippen LogP contribution in [0.2, 0.25) is 0 Å². The fraction of sp³-hybridized carbons (Fsp3) is 0.500. The van der Waals surface area contributed by atoms with Gasteiger partial charge in [0.1, 0.15) is 0 Å². The van der Waals surface area contributed by atoms with Gasteiger partial charge in [-0.05, 0) is 25.2 Å². The van der Waals surface area contributed by atoms with Crippen molar-refractivity contribution in [2.24, 2.45) is 11.3 Å². The van der Waals surface area contributed by atoms with Gasteiger partial charge in [-0.1, -0.05) is 6.07 Å². The number of carbonyl (C=O) groups is 2. The van der Waals surface area contributed by atoms with E-state index in [-0.39, 0.29) is 35.4 Å². The Morgan fingerprint density at radius 2 is 2.00 bits per heavy atom. The third kappa shape index (κ3) is 2.82. The van der Waals surface area contributed by atoms with E-state index in [1.165, 1.54) is 35.6 Å². The molecule has 0 aliphatic carbocycles. The van der Waals surface area contributed by atoms with E-state index in [1.807, 2.05) is 11.9 Å². The minimum Gasteiger partial charge on any atom is -0.481 e. The van der Waals surface area contributed by atoms with Gasteiger partial charge in [-0.2, -0.15) is 4.31 Å². The fourth-order valence-corrected chi connectivity index (χ4v) is 5.45. The van der Waals surface area contributed by atoms with Crippen molar-refractivity contribution in [2.75, 3.05) is 40.3 Å². The molecule has 8 nitrogen and oxygen atoms in total. The summed E-state index contributed by atoms with van der Waals surface area (Å²) in [5, 5.41) is 12.2. The molecule has 3 rings (SSSR count). The van der Waals surface area contributed by atoms with E-state index >= 15 is 0 Å². The molecule has 2 N–H and O–H groups in total. The molecule has 2 saturated heterocycles. The van der Waals surface area contributed by atoms with Crippen molar-refractivity contribution in [1.82, 2.24) is 14.5 Å². The maximum absolute atomic E-state index is 13.0. The van der Waals surface area contributed by atoms with Crippen LogP contribution >= 0.6 is 0 Å². The summed E-state index contributed by atoms with van der Waals surface area (Å²) in [5.41, 5.74) is -0.823. The Morgan fingerprint density at radius 1 is 1.28 bits per heavy atom. The van der Waals surface area contributed by atoms with Gasteiger partial charge in [0.25, 0.3) is 5.91 Å². The standard InChI is InChI=1S/C16H21N3O5S/c1-17-14(20)11-4-3-5-13(6-11)25(23,24)19-8-12-7-18(2)9-16(12,10-19)15(21)22/h3-6,12H,7-10H2,1-2H3,(H,17,20)(H,21,22)/t12-,16-/m0/s1. The lowest BCUT2D eigenvalue weighted by atomic mass is 9.81. The molecule has 1 aromatic carbocycles. The summed E-state index contributed by atoms with van der Waals surface area (Å²) in [5.74, 6) is -1.58. The first-order chi connectivity index (χ1) is 11.7. The highest BCUT2D eigenvalue weighted by atomic mass is 32.2. The lowest BCUT2D eigenvalue weighted by molar-refractivity contribution is -0.148. The summed E-state index contributed by atoms with van der Waals surface area (Å²) < 4.78 is 27.2. The Morgan fingerprint density at radius 3 is 2.60 bits per heavy atom. The second kappa shape index (κ2) is 6.08. The minimum absolute atomic E-state index is 0.00228. The summed E-state index contributed by atoms with van der Waals surface area (Å²) in [6.45, 7) is 1.00. The van der Waals surface area contributed by atoms with Gasteiger partial charge in [-0.3, -0.25) is 9.59 Å². The molecule has 0 bridgehead atoms. The Labute approximate surface area is 146 Å². The molecule has 9 heteroatoms. The number of carboxylic acids is 1. The molecule has 2 aliphatic rings. The highest BCUT2D eigenvalue weighted by molar-refractivity contribution is 7.89. The van der Waals surface area contributed by atoms with Crippen LogP contribution in [0.4, 0.5) is 0 Å². The molecule has 0 spiro atoms. The normalized spacial score (nSPS) is 27.2. The summed E-state index contributed by atoms with van der Waals surface area (Å²) in [7, 11) is -0.550. The number of carboxylic acid groups (broad SMARTS) is 1. The van der Waals surface area contributed by atoms with Crippen molar-refractivity contribution in [2.45, 2.75) is 4.90 Å². The monoisotopic (exact) mass is 367 g/mol. The van der Waals surface area contributed by atoms with Crippen molar-refractivity contribution in [1.29, 1.82) is 0 Å². The van der Waals surface area contributed by atoms with E-state index in [2.05, 4.69) is 5.32 Å². The number of aliphatic carboxylic acids is 1. The van der Waals surface area contributed by atoms with E-state index in [0.717, 1.165) is 0 Å². The SMILES string of the molecule is CNC(=O)c1cccc(S(=O)(=O)N2C[C@@H]3CN(C)C[C@]3(C(=O)O)C2)c1. The zero-order valence-corrected chi connectivity index (χ0v) is 14.9. The van der Waals surface area contributed by atoms with Crippen LogP contribution < -0.4 is 5.32 Å². The Kier molecular flexibility index (Phi) is 4.34. The van der Waals surface area contributed by atoms with Crippen LogP contribution in [0.3, 0.4) is 0 Å². The Hall–Kier alpha value is -1.97. The van der Waals surface area contributed by atoms with Crippen molar-refractivity contribution in [3.8, 4) is 0 Å². The molecule has 0 aromatic heterocycles. The number of nitrogens with one attached hydrogen (secondary N) is 1. The molecule has 1 aromatic rings. The molecule has 0 unspecified atom stereocenters. The highest BCUT2D eigenvalue weighted by Gasteiger charge is 2.59. The summed E-state index contributed by atoms with van der Waals surface area (Å²) >= 11 is 0. The number of rotatable bonds is 4. The van der Waals surface area contributed by atoms with Gasteiger partial charge >= 0.3 is 5.97 Å². The van der Waals surface area contributed by atoms with E-state index in [4.69, 9.17) is 0 Å². The van der Waals surface area contributed by atoms with Gasteiger partial charge in [0.05, 0.1) is 10.3 Å². The maximum atomic E-state index is 13.0. The van der Waals surface area contributed by atoms with E-state index in [0.29, 0.717) is 13.1 Å². The molecule has 2 atom stereocenters. The Bertz CT molecular complexity index is 825. The van der Waals surface area contributed by atoms with Crippen LogP contribution in [0.25, 0.3) is 0 Å². The van der Waals surface area contributed by atoms with Gasteiger partial charge < -0.3 is 15.3 Å². The minimum atomic E-state index is -3.86. The molecule has 2 aliphatic heterocycles. The van der Waals surface area contributed by atoms with Gasteiger partial charge in [0.15, 0.2) is 0 Å². The van der Waals surface area contributed by atoms with E-state index in [1.54, 1.807) is 0 Å². The molecule has 2 fully saturated rings. The zero-order chi connectivity index (χ0) is 18.4. The summed E-state index contributed by atoms with van der Waals surface area (Å²) in [6, 6.07) is 5.79. The third-order valence-corrected chi connectivity index (χ3v) is 6.94. The first kappa shape index (κ1) is 17.8. The van der Waals surface area contributed by atoms with Gasteiger partial charge in [0.2, 0.25) is 10.0 Å². The number of hydrogen-bond acceptors (Lipinski definition) is 5. The average molecular weight is 367 g/mol. The number of fused-ring (bicyclic) bond motifs is 1. The van der Waals surface area contributed by atoms with Gasteiger partial charge in [-0.25, -0.2) is 8.42 Å². The molecule has 136 valence electrons. The highest BCUT2D eigenvalue weighted by Crippen LogP contribution is 2.44. The first-order valence-electron chi connectivity index (χ1n) is 7.95. The smallest absolute Gasteiger partial charge is 0.312 e. The lowest BCUT2D eigenvalue weighted by Gasteiger charge is -2.24. The van der Waals surface area contributed by atoms with Crippen molar-refractivity contribution < 1.29 is 23.1 Å². The topological polar surface area (TPSA) is 107 Å². The predicted molar refractivity (Wildman–Crippen MR) is 89.6 cm³/mol. The predicted octanol–water partition coefficient (Wildman–Crippen LogP) is -0.317.